The molecule has 0 aliphatic heterocycles. The van der Waals surface area contributed by atoms with Crippen molar-refractivity contribution < 1.29 is 6.48 Å². The van der Waals surface area contributed by atoms with Crippen LogP contribution in [0.25, 0.3) is 0 Å². The Balaban J connectivity index is 2.33. The van der Waals surface area contributed by atoms with E-state index in [1.165, 1.54) is 0 Å². The first kappa shape index (κ1) is 3.03. The second-order valence-corrected chi connectivity index (χ2v) is 1.73. The largest absolute Gasteiger partial charge is 0.393 e. The molecule has 0 radical (unpaired) electrons. The summed E-state index contributed by atoms with van der Waals surface area (Å²) in [5.74, 6) is 0. The standard InChI is InChI=1S/C5H10O/c6-5-3-1-2-4-5/h5-6H,1-4H2/i3D. The molecule has 1 aliphatic carbocycles. The van der Waals surface area contributed by atoms with Crippen molar-refractivity contribution in [2.24, 2.45) is 0 Å². The van der Waals surface area contributed by atoms with Gasteiger partial charge in [0, 0.05) is 1.37 Å². The predicted molar refractivity (Wildman–Crippen MR) is 24.5 cm³/mol. The minimum absolute atomic E-state index is 0.181. The molecule has 0 spiro atoms. The first-order valence-electron chi connectivity index (χ1n) is 2.99. The van der Waals surface area contributed by atoms with Crippen LogP contribution in [0, 0.1) is 0 Å². The lowest BCUT2D eigenvalue weighted by Gasteiger charge is -1.91. The highest BCUT2D eigenvalue weighted by Gasteiger charge is 2.09. The summed E-state index contributed by atoms with van der Waals surface area (Å²) in [4.78, 5) is 0. The Hall–Kier alpha value is -0.0400. The second kappa shape index (κ2) is 1.61. The van der Waals surface area contributed by atoms with E-state index in [1.54, 1.807) is 0 Å². The van der Waals surface area contributed by atoms with E-state index >= 15 is 0 Å². The van der Waals surface area contributed by atoms with Crippen LogP contribution in [0.3, 0.4) is 0 Å². The van der Waals surface area contributed by atoms with Gasteiger partial charge in [-0.15, -0.1) is 0 Å². The first-order chi connectivity index (χ1) is 3.30. The van der Waals surface area contributed by atoms with Gasteiger partial charge in [0.05, 0.1) is 6.10 Å². The van der Waals surface area contributed by atoms with E-state index in [0.717, 1.165) is 19.3 Å². The molecule has 0 aromatic rings. The molecule has 0 aromatic heterocycles. The fraction of sp³-hybridized carbons (Fsp3) is 1.00. The maximum absolute atomic E-state index is 8.81. The summed E-state index contributed by atoms with van der Waals surface area (Å²) in [5.41, 5.74) is 0. The van der Waals surface area contributed by atoms with Crippen molar-refractivity contribution in [2.45, 2.75) is 31.8 Å². The molecule has 1 fully saturated rings. The van der Waals surface area contributed by atoms with Crippen LogP contribution in [0.5, 0.6) is 0 Å². The monoisotopic (exact) mass is 87.1 g/mol. The summed E-state index contributed by atoms with van der Waals surface area (Å²) in [5, 5.41) is 8.81. The van der Waals surface area contributed by atoms with Crippen molar-refractivity contribution in [3.8, 4) is 0 Å². The maximum Gasteiger partial charge on any atom is 0.0540 e. The molecule has 0 heterocycles. The van der Waals surface area contributed by atoms with Crippen molar-refractivity contribution in [1.29, 1.82) is 0 Å². The molecule has 1 aliphatic rings. The Bertz CT molecular complexity index is 57.1. The number of hydrogen-bond donors (Lipinski definition) is 1. The van der Waals surface area contributed by atoms with Crippen molar-refractivity contribution in [3.05, 3.63) is 0 Å². The van der Waals surface area contributed by atoms with Crippen LogP contribution in [0.1, 0.15) is 27.0 Å². The van der Waals surface area contributed by atoms with Crippen molar-refractivity contribution in [1.82, 2.24) is 0 Å². The molecule has 0 amide bonds. The zero-order valence-electron chi connectivity index (χ0n) is 4.72. The van der Waals surface area contributed by atoms with Gasteiger partial charge in [0.2, 0.25) is 0 Å². The van der Waals surface area contributed by atoms with Crippen LogP contribution in [-0.2, 0) is 0 Å². The van der Waals surface area contributed by atoms with Crippen LogP contribution in [0.2, 0.25) is 0 Å². The SMILES string of the molecule is [2H]C1CCCC1O. The molecule has 2 unspecified atom stereocenters. The average Bonchev–Trinajstić information content (AvgIpc) is 1.91. The Morgan fingerprint density at radius 1 is 1.67 bits per heavy atom. The van der Waals surface area contributed by atoms with Crippen LogP contribution in [0.4, 0.5) is 0 Å². The number of hydrogen-bond acceptors (Lipinski definition) is 1. The molecule has 0 bridgehead atoms. The highest BCUT2D eigenvalue weighted by Crippen LogP contribution is 2.16. The molecule has 36 valence electrons. The molecular formula is C5H10O. The number of aliphatic hydroxyl groups is 1. The molecule has 0 aromatic carbocycles. The lowest BCUT2D eigenvalue weighted by atomic mass is 10.3. The Morgan fingerprint density at radius 3 is 2.67 bits per heavy atom. The summed E-state index contributed by atoms with van der Waals surface area (Å²) < 4.78 is 7.09. The topological polar surface area (TPSA) is 20.2 Å². The van der Waals surface area contributed by atoms with Gasteiger partial charge in [-0.05, 0) is 12.8 Å². The van der Waals surface area contributed by atoms with Gasteiger partial charge in [-0.25, -0.2) is 0 Å². The molecule has 0 saturated heterocycles. The van der Waals surface area contributed by atoms with Crippen LogP contribution in [-0.4, -0.2) is 11.2 Å². The Kier molecular flexibility index (Phi) is 0.810. The van der Waals surface area contributed by atoms with E-state index in [2.05, 4.69) is 0 Å². The minimum atomic E-state index is -0.319. The van der Waals surface area contributed by atoms with E-state index < -0.39 is 0 Å². The van der Waals surface area contributed by atoms with Crippen LogP contribution < -0.4 is 0 Å². The van der Waals surface area contributed by atoms with E-state index in [1.807, 2.05) is 0 Å². The zero-order valence-corrected chi connectivity index (χ0v) is 3.72. The van der Waals surface area contributed by atoms with Crippen molar-refractivity contribution >= 4 is 0 Å². The van der Waals surface area contributed by atoms with Crippen LogP contribution >= 0.6 is 0 Å². The first-order valence-corrected chi connectivity index (χ1v) is 2.41. The minimum Gasteiger partial charge on any atom is -0.393 e. The van der Waals surface area contributed by atoms with Crippen LogP contribution in [0.15, 0.2) is 0 Å². The quantitative estimate of drug-likeness (QED) is 0.466. The normalized spacial score (nSPS) is 49.2. The second-order valence-electron chi connectivity index (χ2n) is 1.73. The summed E-state index contributed by atoms with van der Waals surface area (Å²) in [6.07, 6.45) is 2.27. The van der Waals surface area contributed by atoms with Crippen molar-refractivity contribution in [2.75, 3.05) is 0 Å². The molecule has 1 saturated carbocycles. The summed E-state index contributed by atoms with van der Waals surface area (Å²) >= 11 is 0. The lowest BCUT2D eigenvalue weighted by Crippen LogP contribution is -1.94. The van der Waals surface area contributed by atoms with Gasteiger partial charge in [0.15, 0.2) is 0 Å². The number of rotatable bonds is 0. The summed E-state index contributed by atoms with van der Waals surface area (Å²) in [7, 11) is 0. The van der Waals surface area contributed by atoms with Gasteiger partial charge in [-0.3, -0.25) is 0 Å². The van der Waals surface area contributed by atoms with E-state index in [-0.39, 0.29) is 12.5 Å². The molecule has 1 nitrogen and oxygen atoms in total. The molecule has 1 heteroatoms. The molecular weight excluding hydrogens is 76.1 g/mol. The number of aliphatic hydroxyl groups excluding tert-OH is 1. The molecule has 2 atom stereocenters. The molecule has 6 heavy (non-hydrogen) atoms. The van der Waals surface area contributed by atoms with E-state index in [9.17, 15) is 0 Å². The smallest absolute Gasteiger partial charge is 0.0540 e. The fourth-order valence-electron chi connectivity index (χ4n) is 0.755. The molecule has 1 rings (SSSR count). The van der Waals surface area contributed by atoms with Gasteiger partial charge in [-0.1, -0.05) is 12.8 Å². The Morgan fingerprint density at radius 2 is 2.50 bits per heavy atom. The van der Waals surface area contributed by atoms with E-state index in [4.69, 9.17) is 6.48 Å². The highest BCUT2D eigenvalue weighted by atomic mass is 16.3. The fourth-order valence-corrected chi connectivity index (χ4v) is 0.755. The third-order valence-corrected chi connectivity index (χ3v) is 1.14. The summed E-state index contributed by atoms with van der Waals surface area (Å²) in [6, 6.07) is 0. The lowest BCUT2D eigenvalue weighted by molar-refractivity contribution is 0.183. The predicted octanol–water partition coefficient (Wildman–Crippen LogP) is 0.921. The van der Waals surface area contributed by atoms with Crippen molar-refractivity contribution in [3.63, 3.8) is 0 Å². The maximum atomic E-state index is 8.81. The van der Waals surface area contributed by atoms with E-state index in [0.29, 0.717) is 0 Å². The van der Waals surface area contributed by atoms with Gasteiger partial charge in [-0.2, -0.15) is 0 Å². The Labute approximate surface area is 39.4 Å². The highest BCUT2D eigenvalue weighted by molar-refractivity contribution is 4.63. The third kappa shape index (κ3) is 0.716. The molecule has 1 N–H and O–H groups in total. The van der Waals surface area contributed by atoms with Gasteiger partial charge < -0.3 is 5.11 Å². The van der Waals surface area contributed by atoms with Gasteiger partial charge in [0.25, 0.3) is 0 Å². The van der Waals surface area contributed by atoms with Gasteiger partial charge >= 0.3 is 0 Å². The van der Waals surface area contributed by atoms with Gasteiger partial charge in [0.1, 0.15) is 0 Å². The average molecular weight is 87.1 g/mol. The summed E-state index contributed by atoms with van der Waals surface area (Å²) in [6.45, 7) is 0. The third-order valence-electron chi connectivity index (χ3n) is 1.14. The zero-order chi connectivity index (χ0) is 5.28.